The van der Waals surface area contributed by atoms with E-state index >= 15 is 0 Å². The van der Waals surface area contributed by atoms with Gasteiger partial charge in [0.15, 0.2) is 0 Å². The molecule has 0 aromatic heterocycles. The molecule has 4 nitrogen and oxygen atoms in total. The van der Waals surface area contributed by atoms with E-state index in [0.717, 1.165) is 32.3 Å². The van der Waals surface area contributed by atoms with E-state index in [0.29, 0.717) is 23.0 Å². The minimum Gasteiger partial charge on any atom is -0.375 e. The van der Waals surface area contributed by atoms with E-state index < -0.39 is 10.0 Å². The first-order valence-electron chi connectivity index (χ1n) is 7.80. The van der Waals surface area contributed by atoms with Crippen molar-refractivity contribution in [1.82, 2.24) is 4.72 Å². The van der Waals surface area contributed by atoms with Crippen molar-refractivity contribution < 1.29 is 13.2 Å². The van der Waals surface area contributed by atoms with Crippen LogP contribution in [0.25, 0.3) is 0 Å². The standard InChI is InChI=1S/C16H22ClNO3S/c1-12-3-4-14(17)9-15(12)22(19,20)18-11-13-5-8-21-16(10-13)6-2-7-16/h3-4,9,13,18H,2,5-8,10-11H2,1H3. The van der Waals surface area contributed by atoms with Gasteiger partial charge in [-0.05, 0) is 62.6 Å². The maximum Gasteiger partial charge on any atom is 0.240 e. The molecule has 1 aliphatic carbocycles. The van der Waals surface area contributed by atoms with Crippen molar-refractivity contribution in [3.05, 3.63) is 28.8 Å². The highest BCUT2D eigenvalue weighted by atomic mass is 35.5. The van der Waals surface area contributed by atoms with Gasteiger partial charge in [-0.2, -0.15) is 0 Å². The average molecular weight is 344 g/mol. The second-order valence-electron chi connectivity index (χ2n) is 6.51. The summed E-state index contributed by atoms with van der Waals surface area (Å²) in [5, 5.41) is 0.436. The maximum absolute atomic E-state index is 12.5. The third kappa shape index (κ3) is 3.32. The van der Waals surface area contributed by atoms with Crippen LogP contribution in [-0.4, -0.2) is 27.2 Å². The molecule has 22 heavy (non-hydrogen) atoms. The molecule has 1 spiro atoms. The monoisotopic (exact) mass is 343 g/mol. The molecule has 1 saturated carbocycles. The predicted molar refractivity (Wildman–Crippen MR) is 86.6 cm³/mol. The molecule has 1 saturated heterocycles. The molecule has 1 heterocycles. The lowest BCUT2D eigenvalue weighted by molar-refractivity contribution is -0.142. The summed E-state index contributed by atoms with van der Waals surface area (Å²) in [4.78, 5) is 0.269. The summed E-state index contributed by atoms with van der Waals surface area (Å²) < 4.78 is 33.6. The van der Waals surface area contributed by atoms with Gasteiger partial charge in [-0.3, -0.25) is 0 Å². The molecule has 0 radical (unpaired) electrons. The van der Waals surface area contributed by atoms with Crippen molar-refractivity contribution in [2.24, 2.45) is 5.92 Å². The normalized spacial score (nSPS) is 24.2. The first-order valence-corrected chi connectivity index (χ1v) is 9.66. The number of sulfonamides is 1. The van der Waals surface area contributed by atoms with Crippen LogP contribution in [0.15, 0.2) is 23.1 Å². The number of aryl methyl sites for hydroxylation is 1. The Kier molecular flexibility index (Phi) is 4.52. The van der Waals surface area contributed by atoms with Gasteiger partial charge in [0.25, 0.3) is 0 Å². The highest BCUT2D eigenvalue weighted by Gasteiger charge is 2.42. The van der Waals surface area contributed by atoms with Gasteiger partial charge in [-0.1, -0.05) is 17.7 Å². The molecule has 2 fully saturated rings. The molecule has 0 amide bonds. The van der Waals surface area contributed by atoms with Gasteiger partial charge in [-0.15, -0.1) is 0 Å². The second-order valence-corrected chi connectivity index (χ2v) is 8.68. The van der Waals surface area contributed by atoms with Crippen molar-refractivity contribution >= 4 is 21.6 Å². The minimum absolute atomic E-state index is 0.0420. The fraction of sp³-hybridized carbons (Fsp3) is 0.625. The van der Waals surface area contributed by atoms with Gasteiger partial charge in [0.1, 0.15) is 0 Å². The van der Waals surface area contributed by atoms with Crippen LogP contribution in [0.3, 0.4) is 0 Å². The van der Waals surface area contributed by atoms with Crippen LogP contribution in [0.2, 0.25) is 5.02 Å². The van der Waals surface area contributed by atoms with Gasteiger partial charge < -0.3 is 4.74 Å². The quantitative estimate of drug-likeness (QED) is 0.912. The zero-order valence-corrected chi connectivity index (χ0v) is 14.3. The number of hydrogen-bond donors (Lipinski definition) is 1. The Morgan fingerprint density at radius 3 is 2.86 bits per heavy atom. The molecular weight excluding hydrogens is 322 g/mol. The van der Waals surface area contributed by atoms with Gasteiger partial charge in [-0.25, -0.2) is 13.1 Å². The molecule has 0 bridgehead atoms. The van der Waals surface area contributed by atoms with Crippen molar-refractivity contribution in [2.45, 2.75) is 49.5 Å². The van der Waals surface area contributed by atoms with Crippen LogP contribution < -0.4 is 4.72 Å². The number of hydrogen-bond acceptors (Lipinski definition) is 3. The molecule has 122 valence electrons. The molecule has 1 atom stereocenters. The fourth-order valence-corrected chi connectivity index (χ4v) is 5.01. The minimum atomic E-state index is -3.51. The van der Waals surface area contributed by atoms with Crippen LogP contribution >= 0.6 is 11.6 Å². The molecule has 1 unspecified atom stereocenters. The molecule has 6 heteroatoms. The Morgan fingerprint density at radius 2 is 2.18 bits per heavy atom. The maximum atomic E-state index is 12.5. The zero-order chi connectivity index (χ0) is 15.8. The van der Waals surface area contributed by atoms with Crippen molar-refractivity contribution in [3.8, 4) is 0 Å². The summed E-state index contributed by atoms with van der Waals surface area (Å²) in [6.07, 6.45) is 5.33. The Balaban J connectivity index is 1.66. The van der Waals surface area contributed by atoms with Gasteiger partial charge >= 0.3 is 0 Å². The van der Waals surface area contributed by atoms with Crippen LogP contribution in [-0.2, 0) is 14.8 Å². The van der Waals surface area contributed by atoms with E-state index in [1.807, 2.05) is 0 Å². The van der Waals surface area contributed by atoms with Crippen molar-refractivity contribution in [1.29, 1.82) is 0 Å². The summed E-state index contributed by atoms with van der Waals surface area (Å²) in [5.74, 6) is 0.350. The van der Waals surface area contributed by atoms with Crippen molar-refractivity contribution in [3.63, 3.8) is 0 Å². The Bertz CT molecular complexity index is 655. The van der Waals surface area contributed by atoms with Crippen LogP contribution in [0.5, 0.6) is 0 Å². The Labute approximate surface area is 137 Å². The number of halogens is 1. The molecule has 2 aliphatic rings. The summed E-state index contributed by atoms with van der Waals surface area (Å²) in [7, 11) is -3.51. The largest absolute Gasteiger partial charge is 0.375 e. The lowest BCUT2D eigenvalue weighted by atomic mass is 9.72. The molecule has 3 rings (SSSR count). The van der Waals surface area contributed by atoms with E-state index in [4.69, 9.17) is 16.3 Å². The number of nitrogens with one attached hydrogen (secondary N) is 1. The molecule has 1 aromatic carbocycles. The van der Waals surface area contributed by atoms with E-state index in [1.165, 1.54) is 12.5 Å². The van der Waals surface area contributed by atoms with Crippen LogP contribution in [0, 0.1) is 12.8 Å². The summed E-state index contributed by atoms with van der Waals surface area (Å²) in [6, 6.07) is 4.94. The average Bonchev–Trinajstić information content (AvgIpc) is 2.46. The summed E-state index contributed by atoms with van der Waals surface area (Å²) in [6.45, 7) is 2.99. The third-order valence-electron chi connectivity index (χ3n) is 4.86. The Hall–Kier alpha value is -0.620. The van der Waals surface area contributed by atoms with Gasteiger partial charge in [0, 0.05) is 18.2 Å². The highest BCUT2D eigenvalue weighted by Crippen LogP contribution is 2.44. The molecule has 1 aliphatic heterocycles. The first kappa shape index (κ1) is 16.2. The van der Waals surface area contributed by atoms with Crippen molar-refractivity contribution in [2.75, 3.05) is 13.2 Å². The summed E-state index contributed by atoms with van der Waals surface area (Å²) in [5.41, 5.74) is 0.750. The SMILES string of the molecule is Cc1ccc(Cl)cc1S(=O)(=O)NCC1CCOC2(CCC2)C1. The topological polar surface area (TPSA) is 55.4 Å². The molecule has 1 N–H and O–H groups in total. The number of benzene rings is 1. The Morgan fingerprint density at radius 1 is 1.41 bits per heavy atom. The third-order valence-corrected chi connectivity index (χ3v) is 6.66. The van der Waals surface area contributed by atoms with Crippen LogP contribution in [0.1, 0.15) is 37.7 Å². The van der Waals surface area contributed by atoms with E-state index in [1.54, 1.807) is 19.1 Å². The smallest absolute Gasteiger partial charge is 0.240 e. The lowest BCUT2D eigenvalue weighted by Crippen LogP contribution is -2.47. The van der Waals surface area contributed by atoms with E-state index in [9.17, 15) is 8.42 Å². The first-order chi connectivity index (χ1) is 10.4. The second kappa shape index (κ2) is 6.11. The van der Waals surface area contributed by atoms with Crippen LogP contribution in [0.4, 0.5) is 0 Å². The molecular formula is C16H22ClNO3S. The summed E-state index contributed by atoms with van der Waals surface area (Å²) >= 11 is 5.93. The van der Waals surface area contributed by atoms with E-state index in [-0.39, 0.29) is 10.5 Å². The lowest BCUT2D eigenvalue weighted by Gasteiger charge is -2.47. The molecule has 1 aromatic rings. The van der Waals surface area contributed by atoms with E-state index in [2.05, 4.69) is 4.72 Å². The number of ether oxygens (including phenoxy) is 1. The van der Waals surface area contributed by atoms with Gasteiger partial charge in [0.2, 0.25) is 10.0 Å². The highest BCUT2D eigenvalue weighted by molar-refractivity contribution is 7.89. The van der Waals surface area contributed by atoms with Gasteiger partial charge in [0.05, 0.1) is 10.5 Å². The predicted octanol–water partition coefficient (Wildman–Crippen LogP) is 3.28. The zero-order valence-electron chi connectivity index (χ0n) is 12.8. The number of rotatable bonds is 4. The fourth-order valence-electron chi connectivity index (χ4n) is 3.39.